The normalized spacial score (nSPS) is 19.9. The number of nitrogens with zero attached hydrogens (tertiary/aromatic N) is 2. The lowest BCUT2D eigenvalue weighted by Crippen LogP contribution is -2.41. The Morgan fingerprint density at radius 2 is 2.19 bits per heavy atom. The molecule has 1 aromatic heterocycles. The fourth-order valence-electron chi connectivity index (χ4n) is 4.60. The van der Waals surface area contributed by atoms with Gasteiger partial charge in [0.15, 0.2) is 0 Å². The molecule has 1 amide bonds. The third-order valence-electron chi connectivity index (χ3n) is 6.53. The zero-order valence-electron chi connectivity index (χ0n) is 18.8. The van der Waals surface area contributed by atoms with Crippen LogP contribution in [-0.2, 0) is 11.3 Å². The highest BCUT2D eigenvalue weighted by Crippen LogP contribution is 2.32. The molecule has 1 atom stereocenters. The molecule has 174 valence electrons. The number of aryl methyl sites for hydroxylation is 1. The number of carbonyl (C=O) groups is 1. The third-order valence-corrected chi connectivity index (χ3v) is 7.51. The second-order valence-electron chi connectivity index (χ2n) is 8.81. The third kappa shape index (κ3) is 5.86. The molecule has 2 fully saturated rings. The predicted octanol–water partition coefficient (Wildman–Crippen LogP) is 3.75. The maximum Gasteiger partial charge on any atom is 0.240 e. The van der Waals surface area contributed by atoms with Crippen molar-refractivity contribution in [2.45, 2.75) is 58.0 Å². The Hall–Kier alpha value is -2.00. The molecule has 2 aliphatic rings. The summed E-state index contributed by atoms with van der Waals surface area (Å²) < 4.78 is 6.24. The molecule has 2 aromatic rings. The van der Waals surface area contributed by atoms with Crippen LogP contribution in [0.2, 0.25) is 0 Å². The van der Waals surface area contributed by atoms with E-state index in [2.05, 4.69) is 27.8 Å². The van der Waals surface area contributed by atoms with E-state index in [1.54, 1.807) is 11.3 Å². The molecule has 3 N–H and O–H groups in total. The van der Waals surface area contributed by atoms with Crippen molar-refractivity contribution >= 4 is 17.2 Å². The number of thiazole rings is 1. The zero-order valence-corrected chi connectivity index (χ0v) is 19.6. The lowest BCUT2D eigenvalue weighted by molar-refractivity contribution is -0.145. The zero-order chi connectivity index (χ0) is 22.3. The first kappa shape index (κ1) is 23.2. The molecule has 0 spiro atoms. The monoisotopic (exact) mass is 458 g/mol. The van der Waals surface area contributed by atoms with Gasteiger partial charge in [-0.2, -0.15) is 5.06 Å². The summed E-state index contributed by atoms with van der Waals surface area (Å²) >= 11 is 1.62. The Kier molecular flexibility index (Phi) is 8.13. The van der Waals surface area contributed by atoms with Crippen molar-refractivity contribution in [3.8, 4) is 16.2 Å². The predicted molar refractivity (Wildman–Crippen MR) is 126 cm³/mol. The van der Waals surface area contributed by atoms with Gasteiger partial charge >= 0.3 is 0 Å². The van der Waals surface area contributed by atoms with Crippen molar-refractivity contribution in [3.05, 3.63) is 35.0 Å². The van der Waals surface area contributed by atoms with Gasteiger partial charge in [-0.3, -0.25) is 4.79 Å². The summed E-state index contributed by atoms with van der Waals surface area (Å²) in [6.45, 7) is 5.86. The molecule has 1 unspecified atom stereocenters. The molecule has 2 saturated heterocycles. The van der Waals surface area contributed by atoms with Gasteiger partial charge in [0.05, 0.1) is 22.7 Å². The van der Waals surface area contributed by atoms with Crippen LogP contribution < -0.4 is 15.4 Å². The van der Waals surface area contributed by atoms with Gasteiger partial charge in [-0.15, -0.1) is 11.3 Å². The summed E-state index contributed by atoms with van der Waals surface area (Å²) in [5, 5.41) is 17.4. The summed E-state index contributed by atoms with van der Waals surface area (Å²) in [5.74, 6) is 1.47. The second kappa shape index (κ2) is 11.2. The molecule has 0 aliphatic carbocycles. The van der Waals surface area contributed by atoms with E-state index < -0.39 is 6.04 Å². The van der Waals surface area contributed by atoms with Crippen LogP contribution in [0, 0.1) is 12.8 Å². The minimum absolute atomic E-state index is 0.135. The van der Waals surface area contributed by atoms with E-state index in [0.717, 1.165) is 64.4 Å². The van der Waals surface area contributed by atoms with E-state index in [1.165, 1.54) is 19.3 Å². The number of aromatic nitrogens is 1. The number of hydroxylamine groups is 2. The van der Waals surface area contributed by atoms with Crippen LogP contribution in [0.15, 0.2) is 23.7 Å². The average molecular weight is 459 g/mol. The molecule has 8 heteroatoms. The highest BCUT2D eigenvalue weighted by molar-refractivity contribution is 7.13. The first-order valence-corrected chi connectivity index (χ1v) is 12.6. The molecular weight excluding hydrogens is 424 g/mol. The number of carbonyl (C=O) groups excluding carboxylic acids is 1. The number of amides is 1. The van der Waals surface area contributed by atoms with Crippen molar-refractivity contribution < 1.29 is 14.7 Å². The Labute approximate surface area is 194 Å². The molecule has 0 radical (unpaired) electrons. The standard InChI is InChI=1S/C24H34N4O3S/c1-17-23(32-16-27-17)19-6-7-20(15-26-24(29)21-5-2-12-28(21)30)22(14-19)31-13-3-4-18-8-10-25-11-9-18/h6-7,14,16,18,21,25,30H,2-5,8-13,15H2,1H3,(H,26,29). The molecule has 32 heavy (non-hydrogen) atoms. The lowest BCUT2D eigenvalue weighted by atomic mass is 9.93. The van der Waals surface area contributed by atoms with E-state index in [1.807, 2.05) is 18.5 Å². The van der Waals surface area contributed by atoms with Crippen LogP contribution in [0.5, 0.6) is 5.75 Å². The Morgan fingerprint density at radius 3 is 2.91 bits per heavy atom. The van der Waals surface area contributed by atoms with Gasteiger partial charge < -0.3 is 20.6 Å². The van der Waals surface area contributed by atoms with E-state index in [4.69, 9.17) is 4.74 Å². The van der Waals surface area contributed by atoms with Crippen molar-refractivity contribution in [2.75, 3.05) is 26.2 Å². The quantitative estimate of drug-likeness (QED) is 0.496. The summed E-state index contributed by atoms with van der Waals surface area (Å²) in [6.07, 6.45) is 6.24. The highest BCUT2D eigenvalue weighted by Gasteiger charge is 2.29. The summed E-state index contributed by atoms with van der Waals surface area (Å²) in [7, 11) is 0. The van der Waals surface area contributed by atoms with Crippen molar-refractivity contribution in [3.63, 3.8) is 0 Å². The Morgan fingerprint density at radius 1 is 1.34 bits per heavy atom. The molecule has 4 rings (SSSR count). The van der Waals surface area contributed by atoms with Gasteiger partial charge in [-0.1, -0.05) is 12.1 Å². The van der Waals surface area contributed by atoms with Crippen molar-refractivity contribution in [1.29, 1.82) is 0 Å². The summed E-state index contributed by atoms with van der Waals surface area (Å²) in [6, 6.07) is 5.71. The van der Waals surface area contributed by atoms with Crippen LogP contribution in [0.1, 0.15) is 49.8 Å². The molecule has 3 heterocycles. The molecule has 7 nitrogen and oxygen atoms in total. The minimum atomic E-state index is -0.455. The number of piperidine rings is 1. The molecule has 0 bridgehead atoms. The van der Waals surface area contributed by atoms with Crippen LogP contribution in [-0.4, -0.2) is 53.4 Å². The van der Waals surface area contributed by atoms with E-state index in [0.29, 0.717) is 26.1 Å². The van der Waals surface area contributed by atoms with E-state index in [-0.39, 0.29) is 5.91 Å². The molecule has 2 aliphatic heterocycles. The number of hydrogen-bond donors (Lipinski definition) is 3. The Balaban J connectivity index is 1.40. The number of hydrogen-bond acceptors (Lipinski definition) is 7. The summed E-state index contributed by atoms with van der Waals surface area (Å²) in [4.78, 5) is 18.0. The number of nitrogens with one attached hydrogen (secondary N) is 2. The van der Waals surface area contributed by atoms with Gasteiger partial charge in [0.1, 0.15) is 11.8 Å². The van der Waals surface area contributed by atoms with Gasteiger partial charge in [-0.05, 0) is 76.1 Å². The fourth-order valence-corrected chi connectivity index (χ4v) is 5.40. The number of rotatable bonds is 9. The lowest BCUT2D eigenvalue weighted by Gasteiger charge is -2.22. The molecule has 1 aromatic carbocycles. The van der Waals surface area contributed by atoms with Gasteiger partial charge in [0.2, 0.25) is 5.91 Å². The minimum Gasteiger partial charge on any atom is -0.493 e. The van der Waals surface area contributed by atoms with Crippen LogP contribution >= 0.6 is 11.3 Å². The van der Waals surface area contributed by atoms with Crippen LogP contribution in [0.4, 0.5) is 0 Å². The SMILES string of the molecule is Cc1ncsc1-c1ccc(CNC(=O)C2CCCN2O)c(OCCCC2CCNCC2)c1. The first-order valence-electron chi connectivity index (χ1n) is 11.7. The topological polar surface area (TPSA) is 86.7 Å². The van der Waals surface area contributed by atoms with Crippen molar-refractivity contribution in [1.82, 2.24) is 20.7 Å². The number of benzene rings is 1. The Bertz CT molecular complexity index is 897. The van der Waals surface area contributed by atoms with Crippen LogP contribution in [0.25, 0.3) is 10.4 Å². The smallest absolute Gasteiger partial charge is 0.240 e. The van der Waals surface area contributed by atoms with Crippen molar-refractivity contribution in [2.24, 2.45) is 5.92 Å². The first-order chi connectivity index (χ1) is 15.6. The van der Waals surface area contributed by atoms with Gasteiger partial charge in [0.25, 0.3) is 0 Å². The number of ether oxygens (including phenoxy) is 1. The van der Waals surface area contributed by atoms with E-state index in [9.17, 15) is 10.0 Å². The van der Waals surface area contributed by atoms with Crippen LogP contribution in [0.3, 0.4) is 0 Å². The fraction of sp³-hybridized carbons (Fsp3) is 0.583. The molecular formula is C24H34N4O3S. The maximum absolute atomic E-state index is 12.5. The summed E-state index contributed by atoms with van der Waals surface area (Å²) in [5.41, 5.74) is 4.91. The molecule has 0 saturated carbocycles. The largest absolute Gasteiger partial charge is 0.493 e. The maximum atomic E-state index is 12.5. The second-order valence-corrected chi connectivity index (χ2v) is 9.67. The highest BCUT2D eigenvalue weighted by atomic mass is 32.1. The van der Waals surface area contributed by atoms with E-state index >= 15 is 0 Å². The van der Waals surface area contributed by atoms with Gasteiger partial charge in [0, 0.05) is 18.7 Å². The van der Waals surface area contributed by atoms with Gasteiger partial charge in [-0.25, -0.2) is 4.98 Å². The average Bonchev–Trinajstić information content (AvgIpc) is 3.44.